The predicted molar refractivity (Wildman–Crippen MR) is 82.8 cm³/mol. The summed E-state index contributed by atoms with van der Waals surface area (Å²) < 4.78 is 6.21. The normalized spacial score (nSPS) is 9.90. The Labute approximate surface area is 126 Å². The van der Waals surface area contributed by atoms with Crippen LogP contribution in [0.2, 0.25) is 0 Å². The standard InChI is InChI=1S/C15H15BrN2O2/c1-2-20-12-9-7-11(8-10-12)15(19)18-17-14-6-4-3-5-13(14)16/h3-10,17H,2H2,1H3,(H,18,19). The molecular weight excluding hydrogens is 320 g/mol. The van der Waals surface area contributed by atoms with Crippen molar-refractivity contribution in [3.63, 3.8) is 0 Å². The van der Waals surface area contributed by atoms with Crippen LogP contribution in [0.4, 0.5) is 5.69 Å². The van der Waals surface area contributed by atoms with Gasteiger partial charge in [0.2, 0.25) is 0 Å². The molecule has 0 aliphatic rings. The fourth-order valence-corrected chi connectivity index (χ4v) is 2.01. The van der Waals surface area contributed by atoms with Crippen molar-refractivity contribution in [1.82, 2.24) is 5.43 Å². The second kappa shape index (κ2) is 6.96. The first-order valence-corrected chi connectivity index (χ1v) is 7.03. The zero-order valence-corrected chi connectivity index (χ0v) is 12.6. The molecule has 0 saturated heterocycles. The first kappa shape index (κ1) is 14.4. The van der Waals surface area contributed by atoms with Crippen molar-refractivity contribution in [3.8, 4) is 5.75 Å². The topological polar surface area (TPSA) is 50.4 Å². The SMILES string of the molecule is CCOc1ccc(C(=O)NNc2ccccc2Br)cc1. The number of hydrogen-bond acceptors (Lipinski definition) is 3. The lowest BCUT2D eigenvalue weighted by atomic mass is 10.2. The third-order valence-corrected chi connectivity index (χ3v) is 3.30. The molecule has 0 heterocycles. The summed E-state index contributed by atoms with van der Waals surface area (Å²) in [6.45, 7) is 2.53. The Morgan fingerprint density at radius 3 is 2.50 bits per heavy atom. The Balaban J connectivity index is 1.96. The van der Waals surface area contributed by atoms with Gasteiger partial charge in [-0.1, -0.05) is 12.1 Å². The van der Waals surface area contributed by atoms with E-state index in [2.05, 4.69) is 26.8 Å². The van der Waals surface area contributed by atoms with Crippen molar-refractivity contribution in [2.24, 2.45) is 0 Å². The van der Waals surface area contributed by atoms with Gasteiger partial charge in [-0.25, -0.2) is 0 Å². The van der Waals surface area contributed by atoms with E-state index in [0.29, 0.717) is 12.2 Å². The van der Waals surface area contributed by atoms with E-state index in [1.807, 2.05) is 31.2 Å². The monoisotopic (exact) mass is 334 g/mol. The van der Waals surface area contributed by atoms with Crippen LogP contribution in [0.5, 0.6) is 5.75 Å². The van der Waals surface area contributed by atoms with E-state index in [9.17, 15) is 4.79 Å². The van der Waals surface area contributed by atoms with Crippen LogP contribution in [0.25, 0.3) is 0 Å². The predicted octanol–water partition coefficient (Wildman–Crippen LogP) is 3.60. The summed E-state index contributed by atoms with van der Waals surface area (Å²) in [5.41, 5.74) is 6.88. The lowest BCUT2D eigenvalue weighted by Gasteiger charge is -2.10. The van der Waals surface area contributed by atoms with E-state index in [1.165, 1.54) is 0 Å². The van der Waals surface area contributed by atoms with E-state index in [-0.39, 0.29) is 5.91 Å². The Kier molecular flexibility index (Phi) is 5.01. The molecule has 2 aromatic rings. The number of ether oxygens (including phenoxy) is 1. The molecule has 0 aliphatic heterocycles. The first-order chi connectivity index (χ1) is 9.70. The van der Waals surface area contributed by atoms with Gasteiger partial charge in [0.1, 0.15) is 5.75 Å². The summed E-state index contributed by atoms with van der Waals surface area (Å²) in [7, 11) is 0. The summed E-state index contributed by atoms with van der Waals surface area (Å²) >= 11 is 3.40. The summed E-state index contributed by atoms with van der Waals surface area (Å²) in [6.07, 6.45) is 0. The number of rotatable bonds is 5. The second-order valence-corrected chi connectivity index (χ2v) is 4.87. The van der Waals surface area contributed by atoms with Crippen LogP contribution in [0, 0.1) is 0 Å². The quantitative estimate of drug-likeness (QED) is 0.821. The Bertz CT molecular complexity index is 585. The fraction of sp³-hybridized carbons (Fsp3) is 0.133. The van der Waals surface area contributed by atoms with Crippen LogP contribution in [-0.2, 0) is 0 Å². The number of hydrogen-bond donors (Lipinski definition) is 2. The number of anilines is 1. The van der Waals surface area contributed by atoms with Crippen molar-refractivity contribution < 1.29 is 9.53 Å². The summed E-state index contributed by atoms with van der Waals surface area (Å²) in [4.78, 5) is 12.0. The highest BCUT2D eigenvalue weighted by atomic mass is 79.9. The van der Waals surface area contributed by atoms with Crippen LogP contribution < -0.4 is 15.6 Å². The number of hydrazine groups is 1. The number of amides is 1. The third kappa shape index (κ3) is 3.74. The molecular formula is C15H15BrN2O2. The number of benzene rings is 2. The number of para-hydroxylation sites is 1. The highest BCUT2D eigenvalue weighted by Gasteiger charge is 2.06. The summed E-state index contributed by atoms with van der Waals surface area (Å²) in [6, 6.07) is 14.5. The lowest BCUT2D eigenvalue weighted by molar-refractivity contribution is 0.0962. The maximum atomic E-state index is 12.0. The van der Waals surface area contributed by atoms with E-state index in [1.54, 1.807) is 24.3 Å². The van der Waals surface area contributed by atoms with E-state index in [4.69, 9.17) is 4.74 Å². The highest BCUT2D eigenvalue weighted by molar-refractivity contribution is 9.10. The van der Waals surface area contributed by atoms with Gasteiger partial charge < -0.3 is 4.74 Å². The molecule has 0 bridgehead atoms. The molecule has 0 atom stereocenters. The maximum Gasteiger partial charge on any atom is 0.269 e. The van der Waals surface area contributed by atoms with Gasteiger partial charge in [-0.05, 0) is 59.3 Å². The fourth-order valence-electron chi connectivity index (χ4n) is 1.63. The zero-order chi connectivity index (χ0) is 14.4. The smallest absolute Gasteiger partial charge is 0.269 e. The average Bonchev–Trinajstić information content (AvgIpc) is 2.47. The van der Waals surface area contributed by atoms with Gasteiger partial charge >= 0.3 is 0 Å². The van der Waals surface area contributed by atoms with E-state index in [0.717, 1.165) is 15.9 Å². The van der Waals surface area contributed by atoms with Crippen LogP contribution in [0.3, 0.4) is 0 Å². The van der Waals surface area contributed by atoms with Crippen LogP contribution in [0.1, 0.15) is 17.3 Å². The van der Waals surface area contributed by atoms with Gasteiger partial charge in [-0.15, -0.1) is 0 Å². The minimum absolute atomic E-state index is 0.205. The van der Waals surface area contributed by atoms with Gasteiger partial charge in [0.15, 0.2) is 0 Å². The number of carbonyl (C=O) groups excluding carboxylic acids is 1. The minimum atomic E-state index is -0.205. The first-order valence-electron chi connectivity index (χ1n) is 6.24. The van der Waals surface area contributed by atoms with Gasteiger partial charge in [0.05, 0.1) is 12.3 Å². The third-order valence-electron chi connectivity index (χ3n) is 2.61. The van der Waals surface area contributed by atoms with E-state index < -0.39 is 0 Å². The molecule has 2 aromatic carbocycles. The van der Waals surface area contributed by atoms with Crippen LogP contribution >= 0.6 is 15.9 Å². The van der Waals surface area contributed by atoms with Gasteiger partial charge in [0, 0.05) is 10.0 Å². The molecule has 0 aliphatic carbocycles. The molecule has 5 heteroatoms. The molecule has 1 amide bonds. The summed E-state index contributed by atoms with van der Waals surface area (Å²) in [5, 5.41) is 0. The zero-order valence-electron chi connectivity index (χ0n) is 11.0. The maximum absolute atomic E-state index is 12.0. The average molecular weight is 335 g/mol. The van der Waals surface area contributed by atoms with Gasteiger partial charge in [-0.3, -0.25) is 15.6 Å². The van der Waals surface area contributed by atoms with Crippen molar-refractivity contribution in [3.05, 3.63) is 58.6 Å². The van der Waals surface area contributed by atoms with Gasteiger partial charge in [0.25, 0.3) is 5.91 Å². The Morgan fingerprint density at radius 1 is 1.15 bits per heavy atom. The van der Waals surface area contributed by atoms with Crippen LogP contribution in [-0.4, -0.2) is 12.5 Å². The molecule has 0 fully saturated rings. The summed E-state index contributed by atoms with van der Waals surface area (Å²) in [5.74, 6) is 0.548. The Morgan fingerprint density at radius 2 is 1.85 bits per heavy atom. The molecule has 0 saturated carbocycles. The number of halogens is 1. The number of carbonyl (C=O) groups is 1. The molecule has 0 aromatic heterocycles. The lowest BCUT2D eigenvalue weighted by Crippen LogP contribution is -2.29. The second-order valence-electron chi connectivity index (χ2n) is 4.02. The molecule has 0 unspecified atom stereocenters. The molecule has 2 N–H and O–H groups in total. The van der Waals surface area contributed by atoms with Crippen molar-refractivity contribution in [2.45, 2.75) is 6.92 Å². The molecule has 0 spiro atoms. The molecule has 20 heavy (non-hydrogen) atoms. The molecule has 0 radical (unpaired) electrons. The van der Waals surface area contributed by atoms with Crippen molar-refractivity contribution >= 4 is 27.5 Å². The molecule has 2 rings (SSSR count). The minimum Gasteiger partial charge on any atom is -0.494 e. The molecule has 104 valence electrons. The van der Waals surface area contributed by atoms with Crippen molar-refractivity contribution in [2.75, 3.05) is 12.0 Å². The van der Waals surface area contributed by atoms with E-state index >= 15 is 0 Å². The largest absolute Gasteiger partial charge is 0.494 e. The highest BCUT2D eigenvalue weighted by Crippen LogP contribution is 2.20. The van der Waals surface area contributed by atoms with Crippen molar-refractivity contribution in [1.29, 1.82) is 0 Å². The van der Waals surface area contributed by atoms with Crippen LogP contribution in [0.15, 0.2) is 53.0 Å². The number of nitrogens with one attached hydrogen (secondary N) is 2. The molecule has 4 nitrogen and oxygen atoms in total. The Hall–Kier alpha value is -2.01. The van der Waals surface area contributed by atoms with Gasteiger partial charge in [-0.2, -0.15) is 0 Å².